The van der Waals surface area contributed by atoms with E-state index >= 15 is 0 Å². The Hall–Kier alpha value is -1.34. The number of halogens is 1. The largest absolute Gasteiger partial charge is 0.0587 e. The molecule has 0 nitrogen and oxygen atoms in total. The van der Waals surface area contributed by atoms with E-state index in [2.05, 4.69) is 72.2 Å². The highest BCUT2D eigenvalue weighted by atomic mass is 79.9. The first-order chi connectivity index (χ1) is 8.15. The first-order valence-electron chi connectivity index (χ1n) is 5.74. The van der Waals surface area contributed by atoms with E-state index in [1.807, 2.05) is 0 Å². The first kappa shape index (κ1) is 10.8. The Bertz CT molecular complexity index is 726. The van der Waals surface area contributed by atoms with Crippen LogP contribution in [0.15, 0.2) is 46.9 Å². The number of hydrogen-bond donors (Lipinski definition) is 0. The van der Waals surface area contributed by atoms with Crippen molar-refractivity contribution >= 4 is 37.5 Å². The Labute approximate surface area is 109 Å². The molecule has 0 N–H and O–H groups in total. The number of benzene rings is 3. The predicted molar refractivity (Wildman–Crippen MR) is 78.6 cm³/mol. The fourth-order valence-corrected chi connectivity index (χ4v) is 2.93. The van der Waals surface area contributed by atoms with Crippen molar-refractivity contribution in [1.82, 2.24) is 0 Å². The SMILES string of the molecule is Cc1ccc2cc(Br)c3ccc(C)cc3c2c1. The molecule has 0 bridgehead atoms. The second-order valence-electron chi connectivity index (χ2n) is 4.63. The zero-order valence-corrected chi connectivity index (χ0v) is 11.5. The van der Waals surface area contributed by atoms with E-state index in [9.17, 15) is 0 Å². The van der Waals surface area contributed by atoms with Crippen LogP contribution in [-0.2, 0) is 0 Å². The third-order valence-electron chi connectivity index (χ3n) is 3.21. The topological polar surface area (TPSA) is 0 Å². The summed E-state index contributed by atoms with van der Waals surface area (Å²) in [5.74, 6) is 0. The summed E-state index contributed by atoms with van der Waals surface area (Å²) in [6.45, 7) is 4.28. The summed E-state index contributed by atoms with van der Waals surface area (Å²) in [6, 6.07) is 15.4. The summed E-state index contributed by atoms with van der Waals surface area (Å²) < 4.78 is 1.17. The molecule has 0 saturated heterocycles. The second kappa shape index (κ2) is 3.85. The lowest BCUT2D eigenvalue weighted by Gasteiger charge is -2.08. The number of fused-ring (bicyclic) bond motifs is 3. The average molecular weight is 285 g/mol. The highest BCUT2D eigenvalue weighted by Gasteiger charge is 2.05. The van der Waals surface area contributed by atoms with E-state index < -0.39 is 0 Å². The Morgan fingerprint density at radius 2 is 1.35 bits per heavy atom. The van der Waals surface area contributed by atoms with Gasteiger partial charge in [-0.3, -0.25) is 0 Å². The lowest BCUT2D eigenvalue weighted by atomic mass is 9.99. The molecule has 0 fully saturated rings. The van der Waals surface area contributed by atoms with Crippen molar-refractivity contribution in [2.45, 2.75) is 13.8 Å². The number of hydrogen-bond acceptors (Lipinski definition) is 0. The van der Waals surface area contributed by atoms with Gasteiger partial charge in [0, 0.05) is 4.47 Å². The Kier molecular flexibility index (Phi) is 2.44. The van der Waals surface area contributed by atoms with E-state index in [1.165, 1.54) is 37.1 Å². The van der Waals surface area contributed by atoms with Crippen LogP contribution in [0.5, 0.6) is 0 Å². The van der Waals surface area contributed by atoms with Crippen molar-refractivity contribution in [3.8, 4) is 0 Å². The van der Waals surface area contributed by atoms with E-state index in [0.717, 1.165) is 0 Å². The minimum absolute atomic E-state index is 1.17. The molecule has 17 heavy (non-hydrogen) atoms. The first-order valence-corrected chi connectivity index (χ1v) is 6.54. The summed E-state index contributed by atoms with van der Waals surface area (Å²) >= 11 is 3.66. The molecule has 0 radical (unpaired) electrons. The maximum absolute atomic E-state index is 3.66. The molecular weight excluding hydrogens is 272 g/mol. The molecule has 0 aromatic heterocycles. The summed E-state index contributed by atoms with van der Waals surface area (Å²) in [5, 5.41) is 5.25. The zero-order chi connectivity index (χ0) is 12.0. The predicted octanol–water partition coefficient (Wildman–Crippen LogP) is 5.37. The average Bonchev–Trinajstić information content (AvgIpc) is 2.30. The highest BCUT2D eigenvalue weighted by Crippen LogP contribution is 2.32. The van der Waals surface area contributed by atoms with Gasteiger partial charge in [0.2, 0.25) is 0 Å². The van der Waals surface area contributed by atoms with E-state index in [4.69, 9.17) is 0 Å². The summed E-state index contributed by atoms with van der Waals surface area (Å²) in [6.07, 6.45) is 0. The lowest BCUT2D eigenvalue weighted by molar-refractivity contribution is 1.49. The molecule has 0 aliphatic heterocycles. The van der Waals surface area contributed by atoms with E-state index in [1.54, 1.807) is 0 Å². The van der Waals surface area contributed by atoms with Crippen LogP contribution in [0.1, 0.15) is 11.1 Å². The van der Waals surface area contributed by atoms with Crippen LogP contribution in [0.25, 0.3) is 21.5 Å². The summed E-state index contributed by atoms with van der Waals surface area (Å²) in [4.78, 5) is 0. The molecule has 3 rings (SSSR count). The van der Waals surface area contributed by atoms with Gasteiger partial charge in [-0.2, -0.15) is 0 Å². The minimum atomic E-state index is 1.17. The molecule has 1 heteroatoms. The van der Waals surface area contributed by atoms with Gasteiger partial charge in [0.1, 0.15) is 0 Å². The molecule has 0 amide bonds. The van der Waals surface area contributed by atoms with Gasteiger partial charge in [-0.15, -0.1) is 0 Å². The van der Waals surface area contributed by atoms with Gasteiger partial charge in [0.25, 0.3) is 0 Å². The third kappa shape index (κ3) is 1.75. The lowest BCUT2D eigenvalue weighted by Crippen LogP contribution is -1.82. The van der Waals surface area contributed by atoms with Crippen LogP contribution in [-0.4, -0.2) is 0 Å². The molecule has 0 heterocycles. The van der Waals surface area contributed by atoms with Crippen LogP contribution >= 0.6 is 15.9 Å². The van der Waals surface area contributed by atoms with Crippen molar-refractivity contribution in [1.29, 1.82) is 0 Å². The summed E-state index contributed by atoms with van der Waals surface area (Å²) in [7, 11) is 0. The van der Waals surface area contributed by atoms with Crippen molar-refractivity contribution in [3.63, 3.8) is 0 Å². The van der Waals surface area contributed by atoms with Gasteiger partial charge in [-0.05, 0) is 41.5 Å². The molecule has 3 aromatic carbocycles. The maximum atomic E-state index is 3.66. The van der Waals surface area contributed by atoms with Gasteiger partial charge in [-0.25, -0.2) is 0 Å². The monoisotopic (exact) mass is 284 g/mol. The zero-order valence-electron chi connectivity index (χ0n) is 9.92. The normalized spacial score (nSPS) is 11.2. The quantitative estimate of drug-likeness (QED) is 0.487. The molecule has 84 valence electrons. The standard InChI is InChI=1S/C16H13Br/c1-10-3-5-12-9-16(17)13-6-4-11(2)8-15(13)14(12)7-10/h3-9H,1-2H3. The highest BCUT2D eigenvalue weighted by molar-refractivity contribution is 9.10. The third-order valence-corrected chi connectivity index (χ3v) is 3.87. The minimum Gasteiger partial charge on any atom is -0.0587 e. The van der Waals surface area contributed by atoms with Crippen LogP contribution in [0, 0.1) is 13.8 Å². The Morgan fingerprint density at radius 3 is 2.12 bits per heavy atom. The van der Waals surface area contributed by atoms with Crippen molar-refractivity contribution in [2.75, 3.05) is 0 Å². The number of aryl methyl sites for hydroxylation is 2. The Morgan fingerprint density at radius 1 is 0.706 bits per heavy atom. The van der Waals surface area contributed by atoms with Crippen LogP contribution in [0.2, 0.25) is 0 Å². The molecule has 0 aliphatic carbocycles. The van der Waals surface area contributed by atoms with Crippen LogP contribution < -0.4 is 0 Å². The van der Waals surface area contributed by atoms with Gasteiger partial charge >= 0.3 is 0 Å². The molecule has 0 saturated carbocycles. The fraction of sp³-hybridized carbons (Fsp3) is 0.125. The molecule has 0 atom stereocenters. The Balaban J connectivity index is 2.59. The van der Waals surface area contributed by atoms with Gasteiger partial charge < -0.3 is 0 Å². The fourth-order valence-electron chi connectivity index (χ4n) is 2.33. The maximum Gasteiger partial charge on any atom is 0.0260 e. The van der Waals surface area contributed by atoms with Crippen molar-refractivity contribution in [2.24, 2.45) is 0 Å². The van der Waals surface area contributed by atoms with E-state index in [-0.39, 0.29) is 0 Å². The molecule has 0 aliphatic rings. The molecule has 0 unspecified atom stereocenters. The number of rotatable bonds is 0. The molecular formula is C16H13Br. The van der Waals surface area contributed by atoms with Crippen LogP contribution in [0.3, 0.4) is 0 Å². The van der Waals surface area contributed by atoms with E-state index in [0.29, 0.717) is 0 Å². The van der Waals surface area contributed by atoms with Gasteiger partial charge in [0.15, 0.2) is 0 Å². The molecule has 0 spiro atoms. The van der Waals surface area contributed by atoms with Crippen molar-refractivity contribution in [3.05, 3.63) is 58.1 Å². The second-order valence-corrected chi connectivity index (χ2v) is 5.49. The van der Waals surface area contributed by atoms with Gasteiger partial charge in [0.05, 0.1) is 0 Å². The molecule has 3 aromatic rings. The smallest absolute Gasteiger partial charge is 0.0260 e. The van der Waals surface area contributed by atoms with Crippen LogP contribution in [0.4, 0.5) is 0 Å². The van der Waals surface area contributed by atoms with Crippen molar-refractivity contribution < 1.29 is 0 Å². The summed E-state index contributed by atoms with van der Waals surface area (Å²) in [5.41, 5.74) is 2.61. The van der Waals surface area contributed by atoms with Gasteiger partial charge in [-0.1, -0.05) is 63.5 Å².